The van der Waals surface area contributed by atoms with Crippen LogP contribution in [-0.2, 0) is 10.6 Å². The molecule has 0 aliphatic rings. The van der Waals surface area contributed by atoms with E-state index in [4.69, 9.17) is 21.1 Å². The third-order valence-corrected chi connectivity index (χ3v) is 2.80. The van der Waals surface area contributed by atoms with Gasteiger partial charge in [-0.3, -0.25) is 0 Å². The van der Waals surface area contributed by atoms with Crippen molar-refractivity contribution < 1.29 is 9.47 Å². The number of hydrogen-bond acceptors (Lipinski definition) is 4. The average molecular weight is 279 g/mol. The average Bonchev–Trinajstić information content (AvgIpc) is 2.48. The highest BCUT2D eigenvalue weighted by Crippen LogP contribution is 2.27. The van der Waals surface area contributed by atoms with Gasteiger partial charge in [-0.2, -0.15) is 0 Å². The molecular weight excluding hydrogens is 264 g/mol. The highest BCUT2D eigenvalue weighted by atomic mass is 35.5. The molecule has 1 heterocycles. The second-order valence-electron chi connectivity index (χ2n) is 3.84. The minimum Gasteiger partial charge on any atom is -0.490 e. The fourth-order valence-electron chi connectivity index (χ4n) is 1.61. The number of nitrogens with zero attached hydrogens (tertiary/aromatic N) is 2. The summed E-state index contributed by atoms with van der Waals surface area (Å²) in [6.07, 6.45) is 1.70. The van der Waals surface area contributed by atoms with Gasteiger partial charge in [-0.25, -0.2) is 9.97 Å². The molecule has 4 nitrogen and oxygen atoms in total. The highest BCUT2D eigenvalue weighted by molar-refractivity contribution is 6.16. The van der Waals surface area contributed by atoms with Crippen molar-refractivity contribution in [1.82, 2.24) is 9.97 Å². The maximum Gasteiger partial charge on any atom is 0.163 e. The van der Waals surface area contributed by atoms with Gasteiger partial charge in [-0.05, 0) is 18.2 Å². The molecule has 1 aromatic carbocycles. The minimum absolute atomic E-state index is 0.363. The Morgan fingerprint density at radius 2 is 2.00 bits per heavy atom. The van der Waals surface area contributed by atoms with E-state index in [-0.39, 0.29) is 0 Å². The quantitative estimate of drug-likeness (QED) is 0.602. The Kier molecular flexibility index (Phi) is 5.12. The fourth-order valence-corrected chi connectivity index (χ4v) is 1.76. The van der Waals surface area contributed by atoms with Gasteiger partial charge in [0.05, 0.1) is 23.7 Å². The van der Waals surface area contributed by atoms with Crippen molar-refractivity contribution in [3.8, 4) is 17.1 Å². The van der Waals surface area contributed by atoms with Gasteiger partial charge >= 0.3 is 0 Å². The van der Waals surface area contributed by atoms with Gasteiger partial charge in [-0.15, -0.1) is 11.6 Å². The molecule has 0 atom stereocenters. The van der Waals surface area contributed by atoms with E-state index in [2.05, 4.69) is 9.97 Å². The molecule has 0 unspecified atom stereocenters. The van der Waals surface area contributed by atoms with Crippen LogP contribution in [0, 0.1) is 0 Å². The molecule has 5 heteroatoms. The van der Waals surface area contributed by atoms with E-state index in [0.29, 0.717) is 24.9 Å². The number of alkyl halides is 1. The maximum atomic E-state index is 5.79. The lowest BCUT2D eigenvalue weighted by Gasteiger charge is -2.10. The van der Waals surface area contributed by atoms with Crippen molar-refractivity contribution in [2.75, 3.05) is 20.3 Å². The molecule has 100 valence electrons. The highest BCUT2D eigenvalue weighted by Gasteiger charge is 2.09. The van der Waals surface area contributed by atoms with Crippen LogP contribution in [-0.4, -0.2) is 30.3 Å². The molecule has 0 saturated carbocycles. The first-order valence-electron chi connectivity index (χ1n) is 5.94. The summed E-state index contributed by atoms with van der Waals surface area (Å²) in [5, 5.41) is 0. The third-order valence-electron chi connectivity index (χ3n) is 2.52. The summed E-state index contributed by atoms with van der Waals surface area (Å²) in [6.45, 7) is 1.03. The van der Waals surface area contributed by atoms with Crippen LogP contribution in [0.4, 0.5) is 0 Å². The molecule has 0 amide bonds. The normalized spacial score (nSPS) is 10.4. The molecule has 2 aromatic rings. The van der Waals surface area contributed by atoms with Crippen LogP contribution in [0.1, 0.15) is 5.69 Å². The van der Waals surface area contributed by atoms with Crippen LogP contribution < -0.4 is 4.74 Å². The Morgan fingerprint density at radius 3 is 2.79 bits per heavy atom. The molecule has 0 N–H and O–H groups in total. The van der Waals surface area contributed by atoms with Gasteiger partial charge < -0.3 is 9.47 Å². The molecule has 0 bridgehead atoms. The Hall–Kier alpha value is -1.65. The van der Waals surface area contributed by atoms with Crippen molar-refractivity contribution in [1.29, 1.82) is 0 Å². The number of hydrogen-bond donors (Lipinski definition) is 0. The lowest BCUT2D eigenvalue weighted by molar-refractivity contribution is 0.146. The van der Waals surface area contributed by atoms with Crippen molar-refractivity contribution >= 4 is 11.6 Å². The van der Waals surface area contributed by atoms with E-state index in [1.54, 1.807) is 19.4 Å². The van der Waals surface area contributed by atoms with Crippen molar-refractivity contribution in [2.24, 2.45) is 0 Å². The third kappa shape index (κ3) is 3.66. The molecule has 0 aliphatic heterocycles. The minimum atomic E-state index is 0.363. The first-order chi connectivity index (χ1) is 9.35. The Bertz CT molecular complexity index is 534. The van der Waals surface area contributed by atoms with Crippen LogP contribution in [0.2, 0.25) is 0 Å². The monoisotopic (exact) mass is 278 g/mol. The van der Waals surface area contributed by atoms with Crippen LogP contribution >= 0.6 is 11.6 Å². The number of aromatic nitrogens is 2. The van der Waals surface area contributed by atoms with E-state index in [0.717, 1.165) is 17.0 Å². The first-order valence-corrected chi connectivity index (χ1v) is 6.47. The first kappa shape index (κ1) is 13.8. The zero-order valence-corrected chi connectivity index (χ0v) is 11.4. The largest absolute Gasteiger partial charge is 0.490 e. The topological polar surface area (TPSA) is 44.2 Å². The van der Waals surface area contributed by atoms with Crippen LogP contribution in [0.5, 0.6) is 5.75 Å². The Morgan fingerprint density at radius 1 is 1.16 bits per heavy atom. The van der Waals surface area contributed by atoms with E-state index < -0.39 is 0 Å². The van der Waals surface area contributed by atoms with Crippen molar-refractivity contribution in [3.63, 3.8) is 0 Å². The summed E-state index contributed by atoms with van der Waals surface area (Å²) in [6, 6.07) is 9.45. The molecule has 0 aliphatic carbocycles. The summed E-state index contributed by atoms with van der Waals surface area (Å²) in [5.74, 6) is 1.72. The molecular formula is C14H15ClN2O2. The van der Waals surface area contributed by atoms with E-state index in [9.17, 15) is 0 Å². The van der Waals surface area contributed by atoms with Gasteiger partial charge in [0, 0.05) is 13.3 Å². The van der Waals surface area contributed by atoms with Crippen LogP contribution in [0.15, 0.2) is 36.5 Å². The molecule has 0 spiro atoms. The lowest BCUT2D eigenvalue weighted by Crippen LogP contribution is -2.05. The summed E-state index contributed by atoms with van der Waals surface area (Å²) >= 11 is 5.79. The number of halogens is 1. The molecule has 0 saturated heterocycles. The van der Waals surface area contributed by atoms with Gasteiger partial charge in [0.1, 0.15) is 12.4 Å². The number of ether oxygens (including phenoxy) is 2. The fraction of sp³-hybridized carbons (Fsp3) is 0.286. The number of methoxy groups -OCH3 is 1. The lowest BCUT2D eigenvalue weighted by atomic mass is 10.2. The SMILES string of the molecule is COCCOc1ccccc1-c1nccc(CCl)n1. The van der Waals surface area contributed by atoms with E-state index in [1.165, 1.54) is 0 Å². The predicted octanol–water partition coefficient (Wildman–Crippen LogP) is 2.91. The summed E-state index contributed by atoms with van der Waals surface area (Å²) in [4.78, 5) is 8.66. The van der Waals surface area contributed by atoms with Gasteiger partial charge in [0.15, 0.2) is 5.82 Å². The molecule has 1 aromatic heterocycles. The second kappa shape index (κ2) is 7.07. The summed E-state index contributed by atoms with van der Waals surface area (Å²) in [5.41, 5.74) is 1.64. The van der Waals surface area contributed by atoms with Crippen molar-refractivity contribution in [3.05, 3.63) is 42.2 Å². The number of benzene rings is 1. The molecule has 0 radical (unpaired) electrons. The van der Waals surface area contributed by atoms with Crippen LogP contribution in [0.25, 0.3) is 11.4 Å². The Labute approximate surface area is 117 Å². The number of para-hydroxylation sites is 1. The van der Waals surface area contributed by atoms with Gasteiger partial charge in [-0.1, -0.05) is 12.1 Å². The molecule has 0 fully saturated rings. The zero-order chi connectivity index (χ0) is 13.5. The van der Waals surface area contributed by atoms with Gasteiger partial charge in [0.2, 0.25) is 0 Å². The van der Waals surface area contributed by atoms with E-state index >= 15 is 0 Å². The Balaban J connectivity index is 2.27. The molecule has 19 heavy (non-hydrogen) atoms. The second-order valence-corrected chi connectivity index (χ2v) is 4.11. The standard InChI is InChI=1S/C14H15ClN2O2/c1-18-8-9-19-13-5-3-2-4-12(13)14-16-7-6-11(10-15)17-14/h2-7H,8-10H2,1H3. The summed E-state index contributed by atoms with van der Waals surface area (Å²) < 4.78 is 10.6. The molecule has 2 rings (SSSR count). The summed E-state index contributed by atoms with van der Waals surface area (Å²) in [7, 11) is 1.64. The van der Waals surface area contributed by atoms with E-state index in [1.807, 2.05) is 24.3 Å². The zero-order valence-electron chi connectivity index (χ0n) is 10.7. The van der Waals surface area contributed by atoms with Crippen molar-refractivity contribution in [2.45, 2.75) is 5.88 Å². The van der Waals surface area contributed by atoms with Crippen LogP contribution in [0.3, 0.4) is 0 Å². The maximum absolute atomic E-state index is 5.79. The number of rotatable bonds is 6. The predicted molar refractivity (Wildman–Crippen MR) is 74.4 cm³/mol. The van der Waals surface area contributed by atoms with Gasteiger partial charge in [0.25, 0.3) is 0 Å². The smallest absolute Gasteiger partial charge is 0.163 e.